The Balaban J connectivity index is 2.82. The second kappa shape index (κ2) is 2.88. The van der Waals surface area contributed by atoms with Crippen molar-refractivity contribution in [1.29, 1.82) is 0 Å². The molecule has 1 unspecified atom stereocenters. The largest absolute Gasteiger partial charge is 0.512 e. The fourth-order valence-corrected chi connectivity index (χ4v) is 1.06. The highest BCUT2D eigenvalue weighted by Crippen LogP contribution is 2.21. The van der Waals surface area contributed by atoms with Crippen LogP contribution in [0.25, 0.3) is 0 Å². The lowest BCUT2D eigenvalue weighted by Gasteiger charge is -2.15. The van der Waals surface area contributed by atoms with Gasteiger partial charge in [-0.2, -0.15) is 0 Å². The Labute approximate surface area is 60.5 Å². The molecular formula is C8H12O2. The highest BCUT2D eigenvalue weighted by Gasteiger charge is 2.13. The van der Waals surface area contributed by atoms with Crippen molar-refractivity contribution in [3.05, 3.63) is 23.5 Å². The second-order valence-corrected chi connectivity index (χ2v) is 2.61. The number of rotatable bonds is 1. The first-order chi connectivity index (χ1) is 4.75. The minimum absolute atomic E-state index is 0.0628. The van der Waals surface area contributed by atoms with Crippen LogP contribution in [0.2, 0.25) is 0 Å². The summed E-state index contributed by atoms with van der Waals surface area (Å²) in [6, 6.07) is 0. The van der Waals surface area contributed by atoms with E-state index in [2.05, 4.69) is 0 Å². The normalized spacial score (nSPS) is 25.6. The zero-order valence-corrected chi connectivity index (χ0v) is 6.04. The first-order valence-electron chi connectivity index (χ1n) is 3.45. The molecule has 2 nitrogen and oxygen atoms in total. The third-order valence-electron chi connectivity index (χ3n) is 1.77. The lowest BCUT2D eigenvalue weighted by molar-refractivity contribution is 0.294. The molecule has 1 rings (SSSR count). The molecule has 2 heteroatoms. The van der Waals surface area contributed by atoms with Crippen LogP contribution in [0.3, 0.4) is 0 Å². The van der Waals surface area contributed by atoms with Crippen molar-refractivity contribution in [3.8, 4) is 0 Å². The molecule has 0 spiro atoms. The molecule has 0 aromatic carbocycles. The summed E-state index contributed by atoms with van der Waals surface area (Å²) in [5.41, 5.74) is 0.652. The average molecular weight is 140 g/mol. The van der Waals surface area contributed by atoms with Gasteiger partial charge in [-0.25, -0.2) is 0 Å². The van der Waals surface area contributed by atoms with Gasteiger partial charge < -0.3 is 10.2 Å². The Morgan fingerprint density at radius 1 is 1.70 bits per heavy atom. The Hall–Kier alpha value is -0.760. The molecule has 0 radical (unpaired) electrons. The quantitative estimate of drug-likeness (QED) is 0.577. The van der Waals surface area contributed by atoms with E-state index >= 15 is 0 Å². The van der Waals surface area contributed by atoms with Gasteiger partial charge in [-0.15, -0.1) is 0 Å². The summed E-state index contributed by atoms with van der Waals surface area (Å²) in [7, 11) is 0. The second-order valence-electron chi connectivity index (χ2n) is 2.61. The molecule has 0 heterocycles. The van der Waals surface area contributed by atoms with E-state index in [1.165, 1.54) is 0 Å². The molecule has 1 aliphatic rings. The van der Waals surface area contributed by atoms with E-state index < -0.39 is 0 Å². The molecule has 56 valence electrons. The molecule has 0 fully saturated rings. The van der Waals surface area contributed by atoms with Crippen LogP contribution in [0.1, 0.15) is 13.3 Å². The Morgan fingerprint density at radius 2 is 2.40 bits per heavy atom. The molecule has 0 saturated heterocycles. The Morgan fingerprint density at radius 3 is 2.90 bits per heavy atom. The highest BCUT2D eigenvalue weighted by molar-refractivity contribution is 5.27. The molecule has 0 aromatic heterocycles. The third kappa shape index (κ3) is 1.21. The summed E-state index contributed by atoms with van der Waals surface area (Å²) >= 11 is 0. The molecular weight excluding hydrogens is 128 g/mol. The number of aliphatic hydroxyl groups is 2. The number of allylic oxidation sites excluding steroid dienone is 2. The third-order valence-corrected chi connectivity index (χ3v) is 1.77. The van der Waals surface area contributed by atoms with Gasteiger partial charge in [-0.05, 0) is 6.42 Å². The lowest BCUT2D eigenvalue weighted by Crippen LogP contribution is -2.06. The predicted molar refractivity (Wildman–Crippen MR) is 39.7 cm³/mol. The molecule has 0 amide bonds. The monoisotopic (exact) mass is 140 g/mol. The maximum atomic E-state index is 9.31. The van der Waals surface area contributed by atoms with E-state index in [0.717, 1.165) is 6.42 Å². The van der Waals surface area contributed by atoms with Gasteiger partial charge in [0.1, 0.15) is 5.76 Å². The van der Waals surface area contributed by atoms with Crippen molar-refractivity contribution in [2.45, 2.75) is 13.3 Å². The van der Waals surface area contributed by atoms with E-state index in [1.807, 2.05) is 13.0 Å². The SMILES string of the molecule is CC1CC=CC(CO)=C1O. The fraction of sp³-hybridized carbons (Fsp3) is 0.500. The molecule has 1 aliphatic carbocycles. The van der Waals surface area contributed by atoms with Gasteiger partial charge >= 0.3 is 0 Å². The van der Waals surface area contributed by atoms with Gasteiger partial charge in [0.15, 0.2) is 0 Å². The molecule has 0 aromatic rings. The van der Waals surface area contributed by atoms with Crippen molar-refractivity contribution < 1.29 is 10.2 Å². The van der Waals surface area contributed by atoms with Gasteiger partial charge in [0.2, 0.25) is 0 Å². The average Bonchev–Trinajstić information content (AvgIpc) is 1.95. The van der Waals surface area contributed by atoms with Gasteiger partial charge in [0.05, 0.1) is 6.61 Å². The summed E-state index contributed by atoms with van der Waals surface area (Å²) in [5.74, 6) is 0.511. The van der Waals surface area contributed by atoms with Gasteiger partial charge in [-0.1, -0.05) is 19.1 Å². The van der Waals surface area contributed by atoms with Crippen LogP contribution < -0.4 is 0 Å². The van der Waals surface area contributed by atoms with Crippen molar-refractivity contribution in [1.82, 2.24) is 0 Å². The molecule has 0 saturated carbocycles. The number of aliphatic hydroxyl groups excluding tert-OH is 2. The topological polar surface area (TPSA) is 40.5 Å². The van der Waals surface area contributed by atoms with E-state index in [-0.39, 0.29) is 12.5 Å². The van der Waals surface area contributed by atoms with E-state index in [9.17, 15) is 5.11 Å². The molecule has 0 aliphatic heterocycles. The lowest BCUT2D eigenvalue weighted by atomic mass is 9.96. The number of hydrogen-bond acceptors (Lipinski definition) is 2. The Kier molecular flexibility index (Phi) is 2.12. The Bertz CT molecular complexity index is 180. The fourth-order valence-electron chi connectivity index (χ4n) is 1.06. The first-order valence-corrected chi connectivity index (χ1v) is 3.45. The molecule has 10 heavy (non-hydrogen) atoms. The summed E-state index contributed by atoms with van der Waals surface area (Å²) in [6.45, 7) is 1.88. The van der Waals surface area contributed by atoms with Crippen molar-refractivity contribution >= 4 is 0 Å². The van der Waals surface area contributed by atoms with E-state index in [4.69, 9.17) is 5.11 Å². The van der Waals surface area contributed by atoms with Crippen LogP contribution in [0, 0.1) is 5.92 Å². The summed E-state index contributed by atoms with van der Waals surface area (Å²) < 4.78 is 0. The molecule has 0 bridgehead atoms. The predicted octanol–water partition coefficient (Wildman–Crippen LogP) is 1.39. The van der Waals surface area contributed by atoms with E-state index in [1.54, 1.807) is 6.08 Å². The van der Waals surface area contributed by atoms with Gasteiger partial charge in [0, 0.05) is 11.5 Å². The van der Waals surface area contributed by atoms with Crippen molar-refractivity contribution in [2.75, 3.05) is 6.61 Å². The zero-order chi connectivity index (χ0) is 7.56. The first kappa shape index (κ1) is 7.35. The van der Waals surface area contributed by atoms with Crippen LogP contribution in [0.15, 0.2) is 23.5 Å². The molecule has 1 atom stereocenters. The van der Waals surface area contributed by atoms with Crippen molar-refractivity contribution in [3.63, 3.8) is 0 Å². The van der Waals surface area contributed by atoms with Crippen LogP contribution in [-0.4, -0.2) is 16.8 Å². The van der Waals surface area contributed by atoms with E-state index in [0.29, 0.717) is 11.3 Å². The van der Waals surface area contributed by atoms with Crippen LogP contribution in [-0.2, 0) is 0 Å². The standard InChI is InChI=1S/C8H12O2/c1-6-3-2-4-7(5-9)8(6)10/h2,4,6,9-10H,3,5H2,1H3. The highest BCUT2D eigenvalue weighted by atomic mass is 16.3. The summed E-state index contributed by atoms with van der Waals surface area (Å²) in [5, 5.41) is 18.0. The minimum atomic E-state index is -0.0628. The van der Waals surface area contributed by atoms with Crippen LogP contribution >= 0.6 is 0 Å². The molecule has 2 N–H and O–H groups in total. The summed E-state index contributed by atoms with van der Waals surface area (Å²) in [4.78, 5) is 0. The zero-order valence-electron chi connectivity index (χ0n) is 6.04. The summed E-state index contributed by atoms with van der Waals surface area (Å²) in [6.07, 6.45) is 4.61. The van der Waals surface area contributed by atoms with Crippen LogP contribution in [0.4, 0.5) is 0 Å². The smallest absolute Gasteiger partial charge is 0.101 e. The van der Waals surface area contributed by atoms with Crippen molar-refractivity contribution in [2.24, 2.45) is 5.92 Å². The minimum Gasteiger partial charge on any atom is -0.512 e. The van der Waals surface area contributed by atoms with Gasteiger partial charge in [-0.3, -0.25) is 0 Å². The maximum absolute atomic E-state index is 9.31. The number of hydrogen-bond donors (Lipinski definition) is 2. The van der Waals surface area contributed by atoms with Crippen LogP contribution in [0.5, 0.6) is 0 Å². The van der Waals surface area contributed by atoms with Gasteiger partial charge in [0.25, 0.3) is 0 Å². The maximum Gasteiger partial charge on any atom is 0.101 e.